The van der Waals surface area contributed by atoms with E-state index in [2.05, 4.69) is 4.74 Å². The molecule has 1 unspecified atom stereocenters. The molecule has 0 fully saturated rings. The van der Waals surface area contributed by atoms with E-state index in [1.165, 1.54) is 0 Å². The smallest absolute Gasteiger partial charge is 0.416 e. The number of rotatable bonds is 5. The Bertz CT molecular complexity index is 678. The molecule has 1 atom stereocenters. The fourth-order valence-corrected chi connectivity index (χ4v) is 2.09. The quantitative estimate of drug-likeness (QED) is 0.609. The fourth-order valence-electron chi connectivity index (χ4n) is 2.09. The molecule has 5 nitrogen and oxygen atoms in total. The number of hydrogen-bond acceptors (Lipinski definition) is 4. The van der Waals surface area contributed by atoms with Gasteiger partial charge in [-0.15, -0.1) is 0 Å². The van der Waals surface area contributed by atoms with E-state index in [-0.39, 0.29) is 12.1 Å². The van der Waals surface area contributed by atoms with Crippen molar-refractivity contribution in [2.45, 2.75) is 18.7 Å². The highest BCUT2D eigenvalue weighted by molar-refractivity contribution is 5.81. The van der Waals surface area contributed by atoms with Crippen LogP contribution in [0.5, 0.6) is 0 Å². The summed E-state index contributed by atoms with van der Waals surface area (Å²) < 4.78 is 49.0. The van der Waals surface area contributed by atoms with Crippen molar-refractivity contribution in [2.75, 3.05) is 13.7 Å². The molecule has 0 N–H and O–H groups in total. The minimum Gasteiger partial charge on any atom is -0.466 e. The number of alkyl halides is 3. The van der Waals surface area contributed by atoms with E-state index >= 15 is 0 Å². The maximum absolute atomic E-state index is 12.6. The summed E-state index contributed by atoms with van der Waals surface area (Å²) in [6.45, 7) is -0.107. The van der Waals surface area contributed by atoms with Crippen molar-refractivity contribution in [3.05, 3.63) is 47.7 Å². The van der Waals surface area contributed by atoms with Crippen molar-refractivity contribution >= 4 is 18.2 Å². The third kappa shape index (κ3) is 4.43. The second-order valence-electron chi connectivity index (χ2n) is 4.99. The summed E-state index contributed by atoms with van der Waals surface area (Å²) in [4.78, 5) is 23.7. The largest absolute Gasteiger partial charge is 0.466 e. The normalized spacial score (nSPS) is 14.9. The van der Waals surface area contributed by atoms with Crippen molar-refractivity contribution in [1.82, 2.24) is 0 Å². The van der Waals surface area contributed by atoms with Crippen LogP contribution in [0.1, 0.15) is 23.7 Å². The number of nitrogens with zero attached hydrogens (tertiary/aromatic N) is 1. The summed E-state index contributed by atoms with van der Waals surface area (Å²) in [7, 11) is 1.10. The van der Waals surface area contributed by atoms with Gasteiger partial charge in [-0.2, -0.15) is 17.7 Å². The number of carbonyl (C=O) groups excluding carboxylic acids is 2. The molecule has 24 heavy (non-hydrogen) atoms. The van der Waals surface area contributed by atoms with E-state index in [0.29, 0.717) is 6.42 Å². The number of esters is 2. The number of halogens is 3. The lowest BCUT2D eigenvalue weighted by Crippen LogP contribution is -2.25. The predicted octanol–water partition coefficient (Wildman–Crippen LogP) is 2.46. The second kappa shape index (κ2) is 7.29. The lowest BCUT2D eigenvalue weighted by atomic mass is 10.1. The van der Waals surface area contributed by atoms with E-state index in [1.54, 1.807) is 17.0 Å². The van der Waals surface area contributed by atoms with Gasteiger partial charge in [-0.1, -0.05) is 12.1 Å². The Kier molecular flexibility index (Phi) is 5.38. The SMILES string of the molecule is COC(=O)C(OC(=O)C[N+]1=CCC=C1)c1ccc(C(F)(F)F)cc1. The van der Waals surface area contributed by atoms with Gasteiger partial charge in [0.1, 0.15) is 6.21 Å². The van der Waals surface area contributed by atoms with E-state index < -0.39 is 29.8 Å². The van der Waals surface area contributed by atoms with Crippen LogP contribution in [-0.2, 0) is 25.2 Å². The minimum absolute atomic E-state index is 0.101. The van der Waals surface area contributed by atoms with Crippen molar-refractivity contribution in [2.24, 2.45) is 0 Å². The van der Waals surface area contributed by atoms with Crippen molar-refractivity contribution in [1.29, 1.82) is 0 Å². The Morgan fingerprint density at radius 3 is 2.42 bits per heavy atom. The molecule has 0 aromatic heterocycles. The molecule has 0 radical (unpaired) electrons. The van der Waals surface area contributed by atoms with Crippen molar-refractivity contribution in [3.8, 4) is 0 Å². The fraction of sp³-hybridized carbons (Fsp3) is 0.312. The average molecular weight is 342 g/mol. The highest BCUT2D eigenvalue weighted by atomic mass is 19.4. The van der Waals surface area contributed by atoms with Gasteiger partial charge in [0.2, 0.25) is 12.6 Å². The highest BCUT2D eigenvalue weighted by Crippen LogP contribution is 2.30. The molecule has 1 aliphatic rings. The summed E-state index contributed by atoms with van der Waals surface area (Å²) in [5.74, 6) is -1.57. The lowest BCUT2D eigenvalue weighted by molar-refractivity contribution is -0.440. The van der Waals surface area contributed by atoms with E-state index in [1.807, 2.05) is 6.08 Å². The molecular weight excluding hydrogens is 327 g/mol. The van der Waals surface area contributed by atoms with Gasteiger partial charge in [0.05, 0.1) is 12.7 Å². The zero-order chi connectivity index (χ0) is 17.7. The Morgan fingerprint density at radius 1 is 1.25 bits per heavy atom. The first-order chi connectivity index (χ1) is 11.3. The van der Waals surface area contributed by atoms with Gasteiger partial charge in [-0.05, 0) is 18.2 Å². The number of methoxy groups -OCH3 is 1. The highest BCUT2D eigenvalue weighted by Gasteiger charge is 2.32. The zero-order valence-corrected chi connectivity index (χ0v) is 12.7. The van der Waals surface area contributed by atoms with E-state index in [9.17, 15) is 22.8 Å². The zero-order valence-electron chi connectivity index (χ0n) is 12.7. The first-order valence-electron chi connectivity index (χ1n) is 7.01. The molecule has 0 bridgehead atoms. The number of ether oxygens (including phenoxy) is 2. The van der Waals surface area contributed by atoms with Crippen LogP contribution in [0.3, 0.4) is 0 Å². The van der Waals surface area contributed by atoms with Crippen LogP contribution in [0, 0.1) is 0 Å². The monoisotopic (exact) mass is 342 g/mol. The molecule has 0 saturated carbocycles. The Balaban J connectivity index is 2.14. The van der Waals surface area contributed by atoms with E-state index in [4.69, 9.17) is 4.74 Å². The summed E-state index contributed by atoms with van der Waals surface area (Å²) >= 11 is 0. The van der Waals surface area contributed by atoms with Crippen LogP contribution < -0.4 is 0 Å². The standard InChI is InChI=1S/C16H15F3NO4/c1-23-15(22)14(24-13(21)10-20-8-2-3-9-20)11-4-6-12(7-5-11)16(17,18)19/h2,4-9,14H,3,10H2,1H3/q+1. The van der Waals surface area contributed by atoms with Crippen molar-refractivity contribution in [3.63, 3.8) is 0 Å². The van der Waals surface area contributed by atoms with Gasteiger partial charge in [-0.25, -0.2) is 9.59 Å². The molecular formula is C16H15F3NO4+. The van der Waals surface area contributed by atoms with Crippen LogP contribution >= 0.6 is 0 Å². The number of hydrogen-bond donors (Lipinski definition) is 0. The number of benzene rings is 1. The second-order valence-corrected chi connectivity index (χ2v) is 4.99. The maximum Gasteiger partial charge on any atom is 0.416 e. The van der Waals surface area contributed by atoms with Crippen LogP contribution in [0.25, 0.3) is 0 Å². The van der Waals surface area contributed by atoms with E-state index in [0.717, 1.165) is 31.4 Å². The molecule has 0 amide bonds. The Hall–Kier alpha value is -2.64. The summed E-state index contributed by atoms with van der Waals surface area (Å²) in [6.07, 6.45) is 0.0527. The van der Waals surface area contributed by atoms with Gasteiger partial charge < -0.3 is 9.47 Å². The molecule has 2 rings (SSSR count). The van der Waals surface area contributed by atoms with Gasteiger partial charge >= 0.3 is 18.1 Å². The van der Waals surface area contributed by atoms with Crippen LogP contribution in [0.15, 0.2) is 36.5 Å². The van der Waals surface area contributed by atoms with Gasteiger partial charge in [0.15, 0.2) is 6.20 Å². The Morgan fingerprint density at radius 2 is 1.92 bits per heavy atom. The maximum atomic E-state index is 12.6. The Labute approximate surface area is 136 Å². The first kappa shape index (κ1) is 17.7. The molecule has 1 heterocycles. The predicted molar refractivity (Wildman–Crippen MR) is 77.2 cm³/mol. The third-order valence-corrected chi connectivity index (χ3v) is 3.29. The number of allylic oxidation sites excluding steroid dienone is 1. The lowest BCUT2D eigenvalue weighted by Gasteiger charge is -2.16. The molecule has 128 valence electrons. The summed E-state index contributed by atoms with van der Waals surface area (Å²) in [5.41, 5.74) is -0.762. The third-order valence-electron chi connectivity index (χ3n) is 3.29. The topological polar surface area (TPSA) is 55.6 Å². The molecule has 1 aromatic rings. The van der Waals surface area contributed by atoms with Crippen LogP contribution in [0.4, 0.5) is 13.2 Å². The molecule has 0 spiro atoms. The minimum atomic E-state index is -4.49. The first-order valence-corrected chi connectivity index (χ1v) is 7.01. The number of carbonyl (C=O) groups is 2. The van der Waals surface area contributed by atoms with Crippen LogP contribution in [-0.4, -0.2) is 36.4 Å². The van der Waals surface area contributed by atoms with Crippen LogP contribution in [0.2, 0.25) is 0 Å². The molecule has 0 saturated heterocycles. The summed E-state index contributed by atoms with van der Waals surface area (Å²) in [5, 5.41) is 0. The summed E-state index contributed by atoms with van der Waals surface area (Å²) in [6, 6.07) is 3.80. The molecule has 1 aliphatic heterocycles. The molecule has 8 heteroatoms. The average Bonchev–Trinajstić information content (AvgIpc) is 3.04. The molecule has 1 aromatic carbocycles. The van der Waals surface area contributed by atoms with Crippen molar-refractivity contribution < 1.29 is 36.8 Å². The van der Waals surface area contributed by atoms with Gasteiger partial charge in [-0.3, -0.25) is 0 Å². The van der Waals surface area contributed by atoms with Gasteiger partial charge in [0, 0.05) is 12.0 Å². The molecule has 0 aliphatic carbocycles. The van der Waals surface area contributed by atoms with Gasteiger partial charge in [0.25, 0.3) is 0 Å².